The van der Waals surface area contributed by atoms with Crippen molar-refractivity contribution in [3.8, 4) is 0 Å². The third kappa shape index (κ3) is 2.29. The quantitative estimate of drug-likeness (QED) is 0.679. The highest BCUT2D eigenvalue weighted by Crippen LogP contribution is 2.69. The molecule has 3 saturated carbocycles. The number of hydrogen-bond acceptors (Lipinski definition) is 5. The number of esters is 1. The molecule has 0 aromatic rings. The van der Waals surface area contributed by atoms with Crippen molar-refractivity contribution in [3.05, 3.63) is 11.6 Å². The summed E-state index contributed by atoms with van der Waals surface area (Å²) in [5.74, 6) is -2.25. The SMILES string of the molecule is C[C@]12CCC(=O)C=C1C[C@@H](C(=O)O)C1C2C(=O)C[C@@]2(C)C1CC[C@@]21CCC(=O)O1. The summed E-state index contributed by atoms with van der Waals surface area (Å²) >= 11 is 0. The van der Waals surface area contributed by atoms with E-state index < -0.39 is 28.3 Å². The Morgan fingerprint density at radius 3 is 2.55 bits per heavy atom. The molecule has 3 unspecified atom stereocenters. The van der Waals surface area contributed by atoms with Crippen molar-refractivity contribution in [3.63, 3.8) is 0 Å². The Labute approximate surface area is 170 Å². The van der Waals surface area contributed by atoms with Crippen LogP contribution in [0.1, 0.15) is 65.2 Å². The Hall–Kier alpha value is -1.98. The van der Waals surface area contributed by atoms with Crippen LogP contribution >= 0.6 is 0 Å². The molecule has 0 amide bonds. The second kappa shape index (κ2) is 5.79. The van der Waals surface area contributed by atoms with Crippen LogP contribution in [0.4, 0.5) is 0 Å². The van der Waals surface area contributed by atoms with E-state index in [2.05, 4.69) is 6.92 Å². The largest absolute Gasteiger partial charge is 0.481 e. The summed E-state index contributed by atoms with van der Waals surface area (Å²) in [6.07, 6.45) is 5.80. The van der Waals surface area contributed by atoms with Crippen molar-refractivity contribution in [2.75, 3.05) is 0 Å². The van der Waals surface area contributed by atoms with Gasteiger partial charge in [0.05, 0.1) is 5.92 Å². The Morgan fingerprint density at radius 1 is 1.14 bits per heavy atom. The lowest BCUT2D eigenvalue weighted by Crippen LogP contribution is -2.61. The summed E-state index contributed by atoms with van der Waals surface area (Å²) in [6.45, 7) is 4.11. The predicted octanol–water partition coefficient (Wildman–Crippen LogP) is 3.08. The number of aliphatic carboxylic acids is 1. The second-order valence-electron chi connectivity index (χ2n) is 10.4. The molecule has 0 aromatic heterocycles. The first-order valence-electron chi connectivity index (χ1n) is 10.8. The lowest BCUT2D eigenvalue weighted by Gasteiger charge is -2.59. The molecule has 1 spiro atoms. The van der Waals surface area contributed by atoms with E-state index in [1.165, 1.54) is 0 Å². The number of carboxylic acids is 1. The third-order valence-corrected chi connectivity index (χ3v) is 9.37. The summed E-state index contributed by atoms with van der Waals surface area (Å²) in [5.41, 5.74) is -0.727. The molecule has 6 nitrogen and oxygen atoms in total. The summed E-state index contributed by atoms with van der Waals surface area (Å²) in [5, 5.41) is 10.1. The fourth-order valence-electron chi connectivity index (χ4n) is 7.90. The number of carbonyl (C=O) groups is 4. The number of carboxylic acid groups (broad SMARTS) is 1. The second-order valence-corrected chi connectivity index (χ2v) is 10.4. The van der Waals surface area contributed by atoms with Crippen LogP contribution in [0.15, 0.2) is 11.6 Å². The van der Waals surface area contributed by atoms with Gasteiger partial charge in [-0.3, -0.25) is 19.2 Å². The number of allylic oxidation sites excluding steroid dienone is 1. The van der Waals surface area contributed by atoms with E-state index in [0.717, 1.165) is 12.0 Å². The first kappa shape index (κ1) is 19.0. The van der Waals surface area contributed by atoms with Crippen molar-refractivity contribution < 1.29 is 29.0 Å². The third-order valence-electron chi connectivity index (χ3n) is 9.37. The summed E-state index contributed by atoms with van der Waals surface area (Å²) in [4.78, 5) is 50.0. The van der Waals surface area contributed by atoms with Crippen LogP contribution in [0.2, 0.25) is 0 Å². The fourth-order valence-corrected chi connectivity index (χ4v) is 7.90. The molecule has 4 aliphatic carbocycles. The number of ether oxygens (including phenoxy) is 1. The van der Waals surface area contributed by atoms with Gasteiger partial charge in [0.15, 0.2) is 5.78 Å². The van der Waals surface area contributed by atoms with E-state index in [4.69, 9.17) is 4.74 Å². The average molecular weight is 400 g/mol. The van der Waals surface area contributed by atoms with Gasteiger partial charge in [-0.05, 0) is 55.4 Å². The zero-order chi connectivity index (χ0) is 20.8. The molecule has 29 heavy (non-hydrogen) atoms. The Kier molecular flexibility index (Phi) is 3.80. The average Bonchev–Trinajstić information content (AvgIpc) is 3.15. The Morgan fingerprint density at radius 2 is 1.90 bits per heavy atom. The molecular weight excluding hydrogens is 372 g/mol. The minimum absolute atomic E-state index is 0.0332. The molecule has 1 saturated heterocycles. The maximum atomic E-state index is 13.7. The lowest BCUT2D eigenvalue weighted by atomic mass is 9.43. The van der Waals surface area contributed by atoms with E-state index in [1.54, 1.807) is 6.08 Å². The molecule has 0 aromatic carbocycles. The number of rotatable bonds is 1. The van der Waals surface area contributed by atoms with Gasteiger partial charge in [-0.2, -0.15) is 0 Å². The van der Waals surface area contributed by atoms with E-state index >= 15 is 0 Å². The fraction of sp³-hybridized carbons (Fsp3) is 0.739. The minimum atomic E-state index is -0.887. The van der Waals surface area contributed by atoms with Gasteiger partial charge in [-0.1, -0.05) is 19.4 Å². The lowest BCUT2D eigenvalue weighted by molar-refractivity contribution is -0.180. The molecular formula is C23H28O6. The van der Waals surface area contributed by atoms with Gasteiger partial charge < -0.3 is 9.84 Å². The van der Waals surface area contributed by atoms with E-state index in [1.807, 2.05) is 6.92 Å². The molecule has 0 bridgehead atoms. The highest BCUT2D eigenvalue weighted by atomic mass is 16.6. The number of ketones is 2. The summed E-state index contributed by atoms with van der Waals surface area (Å²) in [7, 11) is 0. The van der Waals surface area contributed by atoms with Gasteiger partial charge in [0.1, 0.15) is 11.4 Å². The molecule has 5 rings (SSSR count). The van der Waals surface area contributed by atoms with Crippen LogP contribution in [0.5, 0.6) is 0 Å². The first-order chi connectivity index (χ1) is 13.6. The predicted molar refractivity (Wildman–Crippen MR) is 102 cm³/mol. The van der Waals surface area contributed by atoms with Crippen LogP contribution in [0.25, 0.3) is 0 Å². The van der Waals surface area contributed by atoms with Crippen LogP contribution in [-0.4, -0.2) is 34.2 Å². The molecule has 1 aliphatic heterocycles. The van der Waals surface area contributed by atoms with Crippen molar-refractivity contribution >= 4 is 23.5 Å². The minimum Gasteiger partial charge on any atom is -0.481 e. The molecule has 0 radical (unpaired) electrons. The number of Topliss-reactive ketones (excluding diaryl/α,β-unsaturated/α-hetero) is 1. The molecule has 7 atom stereocenters. The van der Waals surface area contributed by atoms with Crippen molar-refractivity contribution in [1.82, 2.24) is 0 Å². The van der Waals surface area contributed by atoms with E-state index in [-0.39, 0.29) is 35.3 Å². The molecule has 6 heteroatoms. The molecule has 1 heterocycles. The van der Waals surface area contributed by atoms with Crippen molar-refractivity contribution in [2.45, 2.75) is 70.8 Å². The van der Waals surface area contributed by atoms with Crippen molar-refractivity contribution in [2.24, 2.45) is 34.5 Å². The standard InChI is InChI=1S/C23H28O6/c1-21-6-3-13(24)9-12(21)10-14(20(27)28)18-15-4-7-23(8-5-17(26)29-23)22(15,2)11-16(25)19(18)21/h9,14-15,18-19H,3-8,10-11H2,1-2H3,(H,27,28)/t14-,15?,18?,19?,21+,22+,23-/m1/s1. The van der Waals surface area contributed by atoms with Gasteiger partial charge >= 0.3 is 11.9 Å². The smallest absolute Gasteiger partial charge is 0.307 e. The van der Waals surface area contributed by atoms with Gasteiger partial charge in [-0.25, -0.2) is 0 Å². The Balaban J connectivity index is 1.63. The first-order valence-corrected chi connectivity index (χ1v) is 10.8. The zero-order valence-corrected chi connectivity index (χ0v) is 17.0. The summed E-state index contributed by atoms with van der Waals surface area (Å²) < 4.78 is 5.86. The van der Waals surface area contributed by atoms with Crippen LogP contribution < -0.4 is 0 Å². The monoisotopic (exact) mass is 400 g/mol. The highest BCUT2D eigenvalue weighted by molar-refractivity contribution is 5.93. The molecule has 156 valence electrons. The Bertz CT molecular complexity index is 873. The van der Waals surface area contributed by atoms with Gasteiger partial charge in [-0.15, -0.1) is 0 Å². The van der Waals surface area contributed by atoms with Crippen LogP contribution in [-0.2, 0) is 23.9 Å². The molecule has 1 N–H and O–H groups in total. The van der Waals surface area contributed by atoms with Gasteiger partial charge in [0.2, 0.25) is 0 Å². The van der Waals surface area contributed by atoms with Crippen molar-refractivity contribution in [1.29, 1.82) is 0 Å². The van der Waals surface area contributed by atoms with Crippen LogP contribution in [0, 0.1) is 34.5 Å². The molecule has 4 fully saturated rings. The maximum Gasteiger partial charge on any atom is 0.307 e. The van der Waals surface area contributed by atoms with Gasteiger partial charge in [0, 0.05) is 30.6 Å². The normalized spacial score (nSPS) is 48.6. The highest BCUT2D eigenvalue weighted by Gasteiger charge is 2.71. The van der Waals surface area contributed by atoms with Gasteiger partial charge in [0.25, 0.3) is 0 Å². The topological polar surface area (TPSA) is 97.7 Å². The van der Waals surface area contributed by atoms with E-state index in [9.17, 15) is 24.3 Å². The number of fused-ring (bicyclic) bond motifs is 6. The summed E-state index contributed by atoms with van der Waals surface area (Å²) in [6, 6.07) is 0. The zero-order valence-electron chi connectivity index (χ0n) is 17.0. The number of hydrogen-bond donors (Lipinski definition) is 1. The molecule has 5 aliphatic rings. The number of carbonyl (C=O) groups excluding carboxylic acids is 3. The van der Waals surface area contributed by atoms with Crippen LogP contribution in [0.3, 0.4) is 0 Å². The maximum absolute atomic E-state index is 13.7. The van der Waals surface area contributed by atoms with E-state index in [0.29, 0.717) is 44.9 Å².